The molecule has 1 heterocycles. The lowest BCUT2D eigenvalue weighted by molar-refractivity contribution is 0.0985. The van der Waals surface area contributed by atoms with Crippen LogP contribution in [0.15, 0.2) is 48.5 Å². The molecule has 1 N–H and O–H groups in total. The number of amides is 1. The van der Waals surface area contributed by atoms with Crippen molar-refractivity contribution >= 4 is 23.2 Å². The molecule has 2 aromatic rings. The standard InChI is InChI=1S/C17H17ClN2O/c1-12-11-20(16-9-5-2-6-13(16)10-19-12)17(21)14-7-3-4-8-15(14)18/h2-9,12,19H,10-11H2,1H3. The van der Waals surface area contributed by atoms with Gasteiger partial charge >= 0.3 is 0 Å². The van der Waals surface area contributed by atoms with Gasteiger partial charge in [-0.25, -0.2) is 0 Å². The van der Waals surface area contributed by atoms with Gasteiger partial charge in [0.2, 0.25) is 0 Å². The normalized spacial score (nSPS) is 18.0. The van der Waals surface area contributed by atoms with Gasteiger partial charge in [-0.3, -0.25) is 4.79 Å². The molecule has 1 atom stereocenters. The Hall–Kier alpha value is -1.84. The van der Waals surface area contributed by atoms with Crippen molar-refractivity contribution in [1.82, 2.24) is 5.32 Å². The van der Waals surface area contributed by atoms with Crippen molar-refractivity contribution in [1.29, 1.82) is 0 Å². The van der Waals surface area contributed by atoms with E-state index in [1.165, 1.54) is 0 Å². The quantitative estimate of drug-likeness (QED) is 0.874. The summed E-state index contributed by atoms with van der Waals surface area (Å²) in [5.74, 6) is -0.0522. The summed E-state index contributed by atoms with van der Waals surface area (Å²) < 4.78 is 0. The molecule has 0 saturated carbocycles. The third kappa shape index (κ3) is 2.80. The van der Waals surface area contributed by atoms with Crippen molar-refractivity contribution in [2.24, 2.45) is 0 Å². The summed E-state index contributed by atoms with van der Waals surface area (Å²) in [4.78, 5) is 14.7. The highest BCUT2D eigenvalue weighted by molar-refractivity contribution is 6.34. The number of nitrogens with one attached hydrogen (secondary N) is 1. The summed E-state index contributed by atoms with van der Waals surface area (Å²) in [6, 6.07) is 15.4. The van der Waals surface area contributed by atoms with E-state index in [0.29, 0.717) is 17.1 Å². The number of carbonyl (C=O) groups is 1. The number of fused-ring (bicyclic) bond motifs is 1. The Morgan fingerprint density at radius 3 is 2.71 bits per heavy atom. The smallest absolute Gasteiger partial charge is 0.259 e. The molecule has 0 spiro atoms. The Balaban J connectivity index is 2.04. The van der Waals surface area contributed by atoms with E-state index in [2.05, 4.69) is 12.2 Å². The molecule has 1 aliphatic heterocycles. The van der Waals surface area contributed by atoms with Gasteiger partial charge in [0.1, 0.15) is 0 Å². The number of carbonyl (C=O) groups excluding carboxylic acids is 1. The fraction of sp³-hybridized carbons (Fsp3) is 0.235. The molecule has 0 radical (unpaired) electrons. The van der Waals surface area contributed by atoms with Crippen LogP contribution in [0.25, 0.3) is 0 Å². The fourth-order valence-electron chi connectivity index (χ4n) is 2.62. The van der Waals surface area contributed by atoms with Gasteiger partial charge in [0.25, 0.3) is 5.91 Å². The van der Waals surface area contributed by atoms with Gasteiger partial charge in [-0.15, -0.1) is 0 Å². The number of rotatable bonds is 1. The second-order valence-electron chi connectivity index (χ2n) is 5.31. The molecule has 3 rings (SSSR count). The van der Waals surface area contributed by atoms with Gasteiger partial charge in [-0.1, -0.05) is 41.9 Å². The number of benzene rings is 2. The van der Waals surface area contributed by atoms with E-state index in [1.807, 2.05) is 41.3 Å². The minimum Gasteiger partial charge on any atom is -0.308 e. The molecule has 0 aromatic heterocycles. The molecule has 0 fully saturated rings. The average molecular weight is 301 g/mol. The van der Waals surface area contributed by atoms with Crippen molar-refractivity contribution in [3.05, 3.63) is 64.7 Å². The molecular formula is C17H17ClN2O. The van der Waals surface area contributed by atoms with Gasteiger partial charge in [0, 0.05) is 24.8 Å². The summed E-state index contributed by atoms with van der Waals surface area (Å²) in [5.41, 5.74) is 2.63. The number of nitrogens with zero attached hydrogens (tertiary/aromatic N) is 1. The molecular weight excluding hydrogens is 284 g/mol. The van der Waals surface area contributed by atoms with E-state index in [1.54, 1.807) is 12.1 Å². The lowest BCUT2D eigenvalue weighted by Crippen LogP contribution is -2.39. The first kappa shape index (κ1) is 14.1. The molecule has 3 nitrogen and oxygen atoms in total. The van der Waals surface area contributed by atoms with Gasteiger partial charge < -0.3 is 10.2 Å². The average Bonchev–Trinajstić information content (AvgIpc) is 2.67. The molecule has 108 valence electrons. The van der Waals surface area contributed by atoms with Crippen LogP contribution >= 0.6 is 11.6 Å². The van der Waals surface area contributed by atoms with Crippen molar-refractivity contribution in [3.63, 3.8) is 0 Å². The van der Waals surface area contributed by atoms with Crippen molar-refractivity contribution in [3.8, 4) is 0 Å². The first-order chi connectivity index (χ1) is 10.2. The maximum Gasteiger partial charge on any atom is 0.259 e. The van der Waals surface area contributed by atoms with Gasteiger partial charge in [-0.05, 0) is 30.7 Å². The zero-order chi connectivity index (χ0) is 14.8. The van der Waals surface area contributed by atoms with Crippen LogP contribution < -0.4 is 10.2 Å². The fourth-order valence-corrected chi connectivity index (χ4v) is 2.83. The van der Waals surface area contributed by atoms with Gasteiger partial charge in [-0.2, -0.15) is 0 Å². The number of hydrogen-bond acceptors (Lipinski definition) is 2. The van der Waals surface area contributed by atoms with Crippen LogP contribution in [-0.4, -0.2) is 18.5 Å². The van der Waals surface area contributed by atoms with Crippen LogP contribution in [0.1, 0.15) is 22.8 Å². The summed E-state index contributed by atoms with van der Waals surface area (Å²) >= 11 is 6.18. The Bertz CT molecular complexity index is 671. The van der Waals surface area contributed by atoms with Crippen LogP contribution in [0.4, 0.5) is 5.69 Å². The number of hydrogen-bond donors (Lipinski definition) is 1. The summed E-state index contributed by atoms with van der Waals surface area (Å²) in [7, 11) is 0. The van der Waals surface area contributed by atoms with Gasteiger partial charge in [0.15, 0.2) is 0 Å². The van der Waals surface area contributed by atoms with Crippen LogP contribution in [0.2, 0.25) is 5.02 Å². The Morgan fingerprint density at radius 1 is 1.19 bits per heavy atom. The van der Waals surface area contributed by atoms with E-state index in [4.69, 9.17) is 11.6 Å². The predicted molar refractivity (Wildman–Crippen MR) is 85.9 cm³/mol. The summed E-state index contributed by atoms with van der Waals surface area (Å²) in [6.45, 7) is 3.48. The summed E-state index contributed by atoms with van der Waals surface area (Å²) in [5, 5.41) is 3.92. The molecule has 0 saturated heterocycles. The minimum absolute atomic E-state index is 0.0522. The van der Waals surface area contributed by atoms with E-state index in [9.17, 15) is 4.79 Å². The van der Waals surface area contributed by atoms with Gasteiger partial charge in [0.05, 0.1) is 10.6 Å². The SMILES string of the molecule is CC1CN(C(=O)c2ccccc2Cl)c2ccccc2CN1. The first-order valence-corrected chi connectivity index (χ1v) is 7.42. The Kier molecular flexibility index (Phi) is 3.95. The largest absolute Gasteiger partial charge is 0.308 e. The van der Waals surface area contributed by atoms with Crippen LogP contribution in [-0.2, 0) is 6.54 Å². The van der Waals surface area contributed by atoms with Crippen LogP contribution in [0, 0.1) is 0 Å². The number of para-hydroxylation sites is 1. The van der Waals surface area contributed by atoms with Crippen molar-refractivity contribution < 1.29 is 4.79 Å². The van der Waals surface area contributed by atoms with E-state index in [0.717, 1.165) is 17.8 Å². The zero-order valence-corrected chi connectivity index (χ0v) is 12.6. The molecule has 4 heteroatoms. The van der Waals surface area contributed by atoms with Crippen molar-refractivity contribution in [2.75, 3.05) is 11.4 Å². The minimum atomic E-state index is -0.0522. The van der Waals surface area contributed by atoms with Crippen LogP contribution in [0.5, 0.6) is 0 Å². The second-order valence-corrected chi connectivity index (χ2v) is 5.71. The zero-order valence-electron chi connectivity index (χ0n) is 11.8. The highest BCUT2D eigenvalue weighted by atomic mass is 35.5. The lowest BCUT2D eigenvalue weighted by Gasteiger charge is -2.25. The molecule has 21 heavy (non-hydrogen) atoms. The topological polar surface area (TPSA) is 32.3 Å². The number of anilines is 1. The van der Waals surface area contributed by atoms with E-state index >= 15 is 0 Å². The highest BCUT2D eigenvalue weighted by Crippen LogP contribution is 2.27. The van der Waals surface area contributed by atoms with E-state index in [-0.39, 0.29) is 11.9 Å². The second kappa shape index (κ2) is 5.88. The third-order valence-electron chi connectivity index (χ3n) is 3.73. The molecule has 1 unspecified atom stereocenters. The molecule has 2 aromatic carbocycles. The Labute approximate surface area is 129 Å². The molecule has 1 amide bonds. The molecule has 1 aliphatic rings. The molecule has 0 bridgehead atoms. The third-order valence-corrected chi connectivity index (χ3v) is 4.06. The predicted octanol–water partition coefficient (Wildman–Crippen LogP) is 3.48. The van der Waals surface area contributed by atoms with Crippen molar-refractivity contribution in [2.45, 2.75) is 19.5 Å². The number of halogens is 1. The van der Waals surface area contributed by atoms with E-state index < -0.39 is 0 Å². The Morgan fingerprint density at radius 2 is 1.90 bits per heavy atom. The summed E-state index contributed by atoms with van der Waals surface area (Å²) in [6.07, 6.45) is 0. The highest BCUT2D eigenvalue weighted by Gasteiger charge is 2.25. The lowest BCUT2D eigenvalue weighted by atomic mass is 10.1. The maximum atomic E-state index is 12.9. The maximum absolute atomic E-state index is 12.9. The first-order valence-electron chi connectivity index (χ1n) is 7.04. The van der Waals surface area contributed by atoms with Crippen LogP contribution in [0.3, 0.4) is 0 Å². The molecule has 0 aliphatic carbocycles. The monoisotopic (exact) mass is 300 g/mol.